The average Bonchev–Trinajstić information content (AvgIpc) is 3.22. The molecule has 5 nitrogen and oxygen atoms in total. The molecule has 2 rings (SSSR count). The minimum Gasteiger partial charge on any atom is -0.350 e. The number of hydrogen-bond acceptors (Lipinski definition) is 3. The van der Waals surface area contributed by atoms with Gasteiger partial charge in [0, 0.05) is 24.5 Å². The largest absolute Gasteiger partial charge is 0.350 e. The van der Waals surface area contributed by atoms with Crippen molar-refractivity contribution >= 4 is 11.8 Å². The first-order valence-corrected chi connectivity index (χ1v) is 6.67. The molecule has 5 heteroatoms. The maximum absolute atomic E-state index is 11.9. The van der Waals surface area contributed by atoms with Crippen molar-refractivity contribution < 1.29 is 9.59 Å². The molecule has 1 aliphatic carbocycles. The van der Waals surface area contributed by atoms with Crippen molar-refractivity contribution in [3.05, 3.63) is 29.6 Å². The highest BCUT2D eigenvalue weighted by molar-refractivity contribution is 5.99. The number of carbonyl (C=O) groups is 2. The van der Waals surface area contributed by atoms with Crippen LogP contribution >= 0.6 is 0 Å². The summed E-state index contributed by atoms with van der Waals surface area (Å²) in [5, 5.41) is 5.73. The number of amides is 2. The van der Waals surface area contributed by atoms with Crippen LogP contribution in [0.4, 0.5) is 0 Å². The highest BCUT2D eigenvalue weighted by atomic mass is 16.2. The van der Waals surface area contributed by atoms with E-state index in [-0.39, 0.29) is 17.9 Å². The van der Waals surface area contributed by atoms with Crippen LogP contribution in [0.25, 0.3) is 0 Å². The minimum atomic E-state index is -0.192. The summed E-state index contributed by atoms with van der Waals surface area (Å²) in [5.41, 5.74) is 0.854. The maximum Gasteiger partial charge on any atom is 0.253 e. The van der Waals surface area contributed by atoms with Crippen LogP contribution < -0.4 is 10.6 Å². The van der Waals surface area contributed by atoms with Gasteiger partial charge < -0.3 is 10.6 Å². The Morgan fingerprint density at radius 3 is 2.53 bits per heavy atom. The van der Waals surface area contributed by atoms with Gasteiger partial charge in [0.05, 0.1) is 11.1 Å². The van der Waals surface area contributed by atoms with Crippen LogP contribution in [-0.2, 0) is 0 Å². The number of rotatable bonds is 5. The van der Waals surface area contributed by atoms with Crippen LogP contribution in [0.3, 0.4) is 0 Å². The quantitative estimate of drug-likeness (QED) is 0.843. The fraction of sp³-hybridized carbons (Fsp3) is 0.500. The summed E-state index contributed by atoms with van der Waals surface area (Å²) < 4.78 is 0. The standard InChI is InChI=1S/C14H19N3O2/c1-3-9(2)16-13(18)10-6-11(8-15-7-10)14(19)17-12-4-5-12/h6-9,12H,3-5H2,1-2H3,(H,16,18)(H,17,19). The van der Waals surface area contributed by atoms with Gasteiger partial charge in [0.25, 0.3) is 11.8 Å². The fourth-order valence-electron chi connectivity index (χ4n) is 1.59. The van der Waals surface area contributed by atoms with E-state index in [1.54, 1.807) is 6.07 Å². The summed E-state index contributed by atoms with van der Waals surface area (Å²) in [6.45, 7) is 3.94. The third-order valence-electron chi connectivity index (χ3n) is 3.17. The van der Waals surface area contributed by atoms with E-state index in [4.69, 9.17) is 0 Å². The Kier molecular flexibility index (Phi) is 4.14. The van der Waals surface area contributed by atoms with Gasteiger partial charge in [0.1, 0.15) is 0 Å². The van der Waals surface area contributed by atoms with Gasteiger partial charge in [-0.15, -0.1) is 0 Å². The first-order chi connectivity index (χ1) is 9.10. The molecule has 1 aromatic rings. The number of hydrogen-bond donors (Lipinski definition) is 2. The molecule has 0 aromatic carbocycles. The van der Waals surface area contributed by atoms with Crippen molar-refractivity contribution in [1.29, 1.82) is 0 Å². The lowest BCUT2D eigenvalue weighted by Gasteiger charge is -2.11. The number of nitrogens with one attached hydrogen (secondary N) is 2. The fourth-order valence-corrected chi connectivity index (χ4v) is 1.59. The lowest BCUT2D eigenvalue weighted by molar-refractivity contribution is 0.0939. The Morgan fingerprint density at radius 2 is 1.95 bits per heavy atom. The molecule has 0 bridgehead atoms. The van der Waals surface area contributed by atoms with Gasteiger partial charge in [-0.2, -0.15) is 0 Å². The number of carbonyl (C=O) groups excluding carboxylic acids is 2. The van der Waals surface area contributed by atoms with E-state index in [0.29, 0.717) is 17.2 Å². The number of aromatic nitrogens is 1. The molecule has 1 heterocycles. The number of nitrogens with zero attached hydrogens (tertiary/aromatic N) is 1. The Hall–Kier alpha value is -1.91. The van der Waals surface area contributed by atoms with E-state index in [1.165, 1.54) is 12.4 Å². The van der Waals surface area contributed by atoms with E-state index in [2.05, 4.69) is 15.6 Å². The summed E-state index contributed by atoms with van der Waals surface area (Å²) in [5.74, 6) is -0.351. The number of pyridine rings is 1. The molecule has 0 radical (unpaired) electrons. The summed E-state index contributed by atoms with van der Waals surface area (Å²) in [6.07, 6.45) is 5.89. The monoisotopic (exact) mass is 261 g/mol. The van der Waals surface area contributed by atoms with E-state index >= 15 is 0 Å². The predicted octanol–water partition coefficient (Wildman–Crippen LogP) is 1.50. The molecule has 1 aliphatic rings. The van der Waals surface area contributed by atoms with Crippen molar-refractivity contribution in [3.63, 3.8) is 0 Å². The van der Waals surface area contributed by atoms with Gasteiger partial charge in [-0.3, -0.25) is 14.6 Å². The van der Waals surface area contributed by atoms with E-state index < -0.39 is 0 Å². The molecule has 19 heavy (non-hydrogen) atoms. The topological polar surface area (TPSA) is 71.1 Å². The van der Waals surface area contributed by atoms with E-state index in [0.717, 1.165) is 19.3 Å². The summed E-state index contributed by atoms with van der Waals surface area (Å²) >= 11 is 0. The maximum atomic E-state index is 11.9. The molecule has 1 atom stereocenters. The summed E-state index contributed by atoms with van der Waals surface area (Å²) in [4.78, 5) is 27.8. The second kappa shape index (κ2) is 5.82. The van der Waals surface area contributed by atoms with E-state index in [9.17, 15) is 9.59 Å². The van der Waals surface area contributed by atoms with Crippen molar-refractivity contribution in [1.82, 2.24) is 15.6 Å². The molecule has 2 N–H and O–H groups in total. The highest BCUT2D eigenvalue weighted by Crippen LogP contribution is 2.19. The summed E-state index contributed by atoms with van der Waals surface area (Å²) in [7, 11) is 0. The normalized spacial score (nSPS) is 15.7. The van der Waals surface area contributed by atoms with Gasteiger partial charge in [-0.25, -0.2) is 0 Å². The Morgan fingerprint density at radius 1 is 1.32 bits per heavy atom. The van der Waals surface area contributed by atoms with E-state index in [1.807, 2.05) is 13.8 Å². The van der Waals surface area contributed by atoms with Crippen molar-refractivity contribution in [3.8, 4) is 0 Å². The van der Waals surface area contributed by atoms with Gasteiger partial charge in [-0.1, -0.05) is 6.92 Å². The van der Waals surface area contributed by atoms with Crippen molar-refractivity contribution in [2.45, 2.75) is 45.2 Å². The first kappa shape index (κ1) is 13.5. The molecular weight excluding hydrogens is 242 g/mol. The molecule has 0 spiro atoms. The zero-order chi connectivity index (χ0) is 13.8. The molecule has 0 aliphatic heterocycles. The molecular formula is C14H19N3O2. The predicted molar refractivity (Wildman–Crippen MR) is 71.9 cm³/mol. The molecule has 1 saturated carbocycles. The zero-order valence-electron chi connectivity index (χ0n) is 11.3. The lowest BCUT2D eigenvalue weighted by Crippen LogP contribution is -2.32. The Bertz CT molecular complexity index is 483. The van der Waals surface area contributed by atoms with Crippen LogP contribution in [0.15, 0.2) is 18.5 Å². The van der Waals surface area contributed by atoms with Crippen LogP contribution in [0, 0.1) is 0 Å². The van der Waals surface area contributed by atoms with Gasteiger partial charge in [0.15, 0.2) is 0 Å². The third kappa shape index (κ3) is 3.77. The van der Waals surface area contributed by atoms with Crippen LogP contribution in [0.1, 0.15) is 53.8 Å². The molecule has 102 valence electrons. The smallest absolute Gasteiger partial charge is 0.253 e. The zero-order valence-corrected chi connectivity index (χ0v) is 11.3. The van der Waals surface area contributed by atoms with Crippen LogP contribution in [0.5, 0.6) is 0 Å². The van der Waals surface area contributed by atoms with Crippen molar-refractivity contribution in [2.75, 3.05) is 0 Å². The summed E-state index contributed by atoms with van der Waals surface area (Å²) in [6, 6.07) is 1.99. The first-order valence-electron chi connectivity index (χ1n) is 6.67. The second-order valence-electron chi connectivity index (χ2n) is 4.99. The SMILES string of the molecule is CCC(C)NC(=O)c1cncc(C(=O)NC2CC2)c1. The molecule has 1 unspecified atom stereocenters. The second-order valence-corrected chi connectivity index (χ2v) is 4.99. The average molecular weight is 261 g/mol. The van der Waals surface area contributed by atoms with Crippen LogP contribution in [-0.4, -0.2) is 28.9 Å². The third-order valence-corrected chi connectivity index (χ3v) is 3.17. The molecule has 1 fully saturated rings. The Balaban J connectivity index is 2.05. The molecule has 2 amide bonds. The minimum absolute atomic E-state index is 0.108. The van der Waals surface area contributed by atoms with Gasteiger partial charge >= 0.3 is 0 Å². The van der Waals surface area contributed by atoms with Gasteiger partial charge in [-0.05, 0) is 32.3 Å². The Labute approximate surface area is 112 Å². The van der Waals surface area contributed by atoms with Crippen molar-refractivity contribution in [2.24, 2.45) is 0 Å². The van der Waals surface area contributed by atoms with Gasteiger partial charge in [0.2, 0.25) is 0 Å². The highest BCUT2D eigenvalue weighted by Gasteiger charge is 2.24. The molecule has 1 aromatic heterocycles. The van der Waals surface area contributed by atoms with Crippen LogP contribution in [0.2, 0.25) is 0 Å². The lowest BCUT2D eigenvalue weighted by atomic mass is 10.1. The molecule has 0 saturated heterocycles.